The molecule has 1 fully saturated rings. The van der Waals surface area contributed by atoms with Crippen molar-refractivity contribution in [2.45, 2.75) is 115 Å². The summed E-state index contributed by atoms with van der Waals surface area (Å²) in [6.45, 7) is 23.3. The SMILES string of the molecule is CC(C)(C)O[Si](C)(CCCOCC(O)CN1CCCCC1)O[Si](C)(CCCOCCO)C[Si](C)(C)C. The molecule has 0 radical (unpaired) electrons. The molecule has 1 aliphatic rings. The molecular weight excluding hydrogens is 507 g/mol. The van der Waals surface area contributed by atoms with Crippen LogP contribution < -0.4 is 0 Å². The standard InChI is InChI=1S/C26H59NO6Si3/c1-26(2,3)32-36(8,21-13-18-31-23-25(29)22-27-14-10-9-11-15-27)33-35(7,24-34(4,5)6)20-12-17-30-19-16-28/h25,28-29H,9-24H2,1-8H3. The van der Waals surface area contributed by atoms with Gasteiger partial charge in [0.05, 0.1) is 31.5 Å². The van der Waals surface area contributed by atoms with Crippen LogP contribution in [0.5, 0.6) is 0 Å². The Kier molecular flexibility index (Phi) is 15.7. The fourth-order valence-electron chi connectivity index (χ4n) is 5.51. The summed E-state index contributed by atoms with van der Waals surface area (Å²) in [5.41, 5.74) is 0.945. The van der Waals surface area contributed by atoms with Crippen molar-refractivity contribution < 1.29 is 28.2 Å². The highest BCUT2D eigenvalue weighted by atomic mass is 28.5. The van der Waals surface area contributed by atoms with Gasteiger partial charge in [0.1, 0.15) is 0 Å². The van der Waals surface area contributed by atoms with Crippen molar-refractivity contribution in [2.75, 3.05) is 52.7 Å². The second kappa shape index (κ2) is 16.5. The zero-order valence-electron chi connectivity index (χ0n) is 24.9. The van der Waals surface area contributed by atoms with Crippen molar-refractivity contribution in [1.82, 2.24) is 4.90 Å². The van der Waals surface area contributed by atoms with Gasteiger partial charge in [0, 0.05) is 27.8 Å². The number of aliphatic hydroxyl groups is 2. The molecule has 7 nitrogen and oxygen atoms in total. The quantitative estimate of drug-likeness (QED) is 0.169. The van der Waals surface area contributed by atoms with Gasteiger partial charge in [-0.1, -0.05) is 26.1 Å². The van der Waals surface area contributed by atoms with Gasteiger partial charge in [0.15, 0.2) is 8.32 Å². The number of hydrogen-bond donors (Lipinski definition) is 2. The van der Waals surface area contributed by atoms with Crippen LogP contribution >= 0.6 is 0 Å². The van der Waals surface area contributed by atoms with Gasteiger partial charge in [-0.25, -0.2) is 0 Å². The Morgan fingerprint density at radius 1 is 0.861 bits per heavy atom. The number of ether oxygens (including phenoxy) is 2. The molecule has 216 valence electrons. The molecule has 0 saturated carbocycles. The Morgan fingerprint density at radius 3 is 2.06 bits per heavy atom. The van der Waals surface area contributed by atoms with E-state index in [1.54, 1.807) is 0 Å². The summed E-state index contributed by atoms with van der Waals surface area (Å²) >= 11 is 0. The fraction of sp³-hybridized carbons (Fsp3) is 1.00. The molecule has 1 heterocycles. The summed E-state index contributed by atoms with van der Waals surface area (Å²) in [7, 11) is -5.81. The van der Waals surface area contributed by atoms with E-state index in [9.17, 15) is 5.11 Å². The van der Waals surface area contributed by atoms with E-state index < -0.39 is 31.1 Å². The van der Waals surface area contributed by atoms with E-state index in [4.69, 9.17) is 23.1 Å². The number of nitrogens with zero attached hydrogens (tertiary/aromatic N) is 1. The van der Waals surface area contributed by atoms with E-state index in [2.05, 4.69) is 58.4 Å². The maximum Gasteiger partial charge on any atom is 0.325 e. The van der Waals surface area contributed by atoms with E-state index in [0.29, 0.717) is 33.0 Å². The van der Waals surface area contributed by atoms with Crippen molar-refractivity contribution in [1.29, 1.82) is 0 Å². The smallest absolute Gasteiger partial charge is 0.325 e. The normalized spacial score (nSPS) is 20.2. The predicted molar refractivity (Wildman–Crippen MR) is 157 cm³/mol. The molecule has 1 aliphatic heterocycles. The van der Waals surface area contributed by atoms with E-state index >= 15 is 0 Å². The van der Waals surface area contributed by atoms with Gasteiger partial charge >= 0.3 is 8.56 Å². The molecular formula is C26H59NO6Si3. The zero-order valence-corrected chi connectivity index (χ0v) is 27.9. The maximum atomic E-state index is 10.4. The molecule has 0 amide bonds. The molecule has 0 bridgehead atoms. The minimum atomic E-state index is -2.46. The van der Waals surface area contributed by atoms with Crippen molar-refractivity contribution in [3.05, 3.63) is 0 Å². The fourth-order valence-corrected chi connectivity index (χ4v) is 24.4. The summed E-state index contributed by atoms with van der Waals surface area (Å²) in [4.78, 5) is 2.35. The third-order valence-corrected chi connectivity index (χ3v) is 20.9. The third-order valence-electron chi connectivity index (χ3n) is 6.27. The van der Waals surface area contributed by atoms with Crippen LogP contribution in [0.3, 0.4) is 0 Å². The molecule has 0 aromatic rings. The topological polar surface area (TPSA) is 80.6 Å². The number of hydrogen-bond acceptors (Lipinski definition) is 7. The van der Waals surface area contributed by atoms with Crippen LogP contribution in [-0.2, 0) is 18.0 Å². The molecule has 36 heavy (non-hydrogen) atoms. The lowest BCUT2D eigenvalue weighted by Crippen LogP contribution is -2.55. The summed E-state index contributed by atoms with van der Waals surface area (Å²) in [5.74, 6) is 0. The Bertz CT molecular complexity index is 583. The summed E-state index contributed by atoms with van der Waals surface area (Å²) < 4.78 is 25.3. The van der Waals surface area contributed by atoms with Gasteiger partial charge in [0.2, 0.25) is 0 Å². The molecule has 0 aliphatic carbocycles. The lowest BCUT2D eigenvalue weighted by molar-refractivity contribution is 0.0129. The Labute approximate surface area is 225 Å². The molecule has 0 spiro atoms. The van der Waals surface area contributed by atoms with Crippen LogP contribution in [0.15, 0.2) is 0 Å². The molecule has 10 heteroatoms. The molecule has 0 aromatic heterocycles. The van der Waals surface area contributed by atoms with Crippen molar-refractivity contribution >= 4 is 25.0 Å². The van der Waals surface area contributed by atoms with Crippen molar-refractivity contribution in [2.24, 2.45) is 0 Å². The van der Waals surface area contributed by atoms with Crippen LogP contribution in [0.25, 0.3) is 0 Å². The average Bonchev–Trinajstić information content (AvgIpc) is 2.71. The number of rotatable bonds is 19. The highest BCUT2D eigenvalue weighted by Crippen LogP contribution is 2.33. The summed E-state index contributed by atoms with van der Waals surface area (Å²) in [6.07, 6.45) is 5.20. The highest BCUT2D eigenvalue weighted by Gasteiger charge is 2.45. The van der Waals surface area contributed by atoms with Crippen LogP contribution in [0.4, 0.5) is 0 Å². The Hall–Kier alpha value is 0.371. The van der Waals surface area contributed by atoms with Crippen molar-refractivity contribution in [3.8, 4) is 0 Å². The number of likely N-dealkylation sites (tertiary alicyclic amines) is 1. The molecule has 3 atom stereocenters. The second-order valence-corrected chi connectivity index (χ2v) is 27.0. The van der Waals surface area contributed by atoms with E-state index in [1.807, 2.05) is 0 Å². The van der Waals surface area contributed by atoms with Crippen LogP contribution in [0.1, 0.15) is 52.9 Å². The summed E-state index contributed by atoms with van der Waals surface area (Å²) in [5, 5.41) is 19.4. The second-order valence-electron chi connectivity index (χ2n) is 13.3. The highest BCUT2D eigenvalue weighted by molar-refractivity contribution is 6.95. The van der Waals surface area contributed by atoms with Crippen molar-refractivity contribution in [3.63, 3.8) is 0 Å². The lowest BCUT2D eigenvalue weighted by atomic mass is 10.1. The number of piperidine rings is 1. The minimum absolute atomic E-state index is 0.0713. The predicted octanol–water partition coefficient (Wildman–Crippen LogP) is 5.00. The van der Waals surface area contributed by atoms with Gasteiger partial charge in [-0.15, -0.1) is 0 Å². The van der Waals surface area contributed by atoms with E-state index in [-0.39, 0.29) is 12.2 Å². The van der Waals surface area contributed by atoms with Gasteiger partial charge in [-0.2, -0.15) is 0 Å². The average molecular weight is 566 g/mol. The lowest BCUT2D eigenvalue weighted by Gasteiger charge is -2.43. The first kappa shape index (κ1) is 34.4. The first-order valence-corrected chi connectivity index (χ1v) is 23.3. The van der Waals surface area contributed by atoms with Gasteiger partial charge in [0.25, 0.3) is 0 Å². The minimum Gasteiger partial charge on any atom is -0.436 e. The molecule has 0 aromatic carbocycles. The van der Waals surface area contributed by atoms with Gasteiger partial charge in [-0.05, 0) is 90.4 Å². The third kappa shape index (κ3) is 17.1. The molecule has 3 unspecified atom stereocenters. The Morgan fingerprint density at radius 2 is 1.47 bits per heavy atom. The van der Waals surface area contributed by atoms with Gasteiger partial charge in [-0.3, -0.25) is 0 Å². The summed E-state index contributed by atoms with van der Waals surface area (Å²) in [6, 6.07) is 1.94. The molecule has 1 saturated heterocycles. The number of β-amino-alcohol motifs (C(OH)–C–C–N with tert-alkyl or cyclic N) is 1. The Balaban J connectivity index is 2.67. The number of aliphatic hydroxyl groups excluding tert-OH is 2. The first-order valence-electron chi connectivity index (χ1n) is 14.2. The van der Waals surface area contributed by atoms with E-state index in [0.717, 1.165) is 38.0 Å². The van der Waals surface area contributed by atoms with E-state index in [1.165, 1.54) is 24.9 Å². The van der Waals surface area contributed by atoms with Gasteiger partial charge < -0.3 is 33.1 Å². The zero-order chi connectivity index (χ0) is 27.3. The molecule has 1 rings (SSSR count). The largest absolute Gasteiger partial charge is 0.436 e. The first-order chi connectivity index (χ1) is 16.7. The molecule has 2 N–H and O–H groups in total. The van der Waals surface area contributed by atoms with Crippen LogP contribution in [-0.4, -0.2) is 104 Å². The van der Waals surface area contributed by atoms with Crippen LogP contribution in [0, 0.1) is 0 Å². The maximum absolute atomic E-state index is 10.4. The monoisotopic (exact) mass is 565 g/mol. The van der Waals surface area contributed by atoms with Crippen LogP contribution in [0.2, 0.25) is 50.5 Å².